The minimum Gasteiger partial charge on any atom is -0.504 e. The molecule has 2 aromatic heterocycles. The zero-order valence-corrected chi connectivity index (χ0v) is 22.8. The van der Waals surface area contributed by atoms with Gasteiger partial charge < -0.3 is 30.9 Å². The molecule has 2 aromatic carbocycles. The number of nitrogens with zero attached hydrogens (tertiary/aromatic N) is 2. The highest BCUT2D eigenvalue weighted by molar-refractivity contribution is 7.14. The SMILES string of the molecule is CCOC(=O)c1c(NC)cc(Cl)n1-c1ccc(-c2csc(NC(C)=O)n2)cc1.O=CNc1ccc(O)c(O)c1. The maximum Gasteiger partial charge on any atom is 0.357 e. The minimum absolute atomic E-state index is 0.162. The van der Waals surface area contributed by atoms with E-state index in [1.165, 1.54) is 36.5 Å². The molecule has 2 amide bonds. The second kappa shape index (κ2) is 13.3. The van der Waals surface area contributed by atoms with Gasteiger partial charge in [-0.15, -0.1) is 11.3 Å². The van der Waals surface area contributed by atoms with E-state index in [9.17, 15) is 14.4 Å². The summed E-state index contributed by atoms with van der Waals surface area (Å²) in [6.07, 6.45) is 0.492. The maximum absolute atomic E-state index is 12.4. The quantitative estimate of drug-likeness (QED) is 0.0847. The van der Waals surface area contributed by atoms with E-state index in [-0.39, 0.29) is 24.0 Å². The smallest absolute Gasteiger partial charge is 0.357 e. The number of aromatic nitrogens is 2. The summed E-state index contributed by atoms with van der Waals surface area (Å²) >= 11 is 7.74. The Labute approximate surface area is 233 Å². The molecule has 0 bridgehead atoms. The standard InChI is InChI=1S/C19H19ClN4O3S.C7H7NO3/c1-4-27-18(26)17-14(21-3)9-16(20)24(17)13-7-5-12(6-8-13)15-10-28-19(23-15)22-11(2)25;9-4-8-5-1-2-6(10)7(11)3-5/h5-10,21H,4H2,1-3H3,(H,22,23,25);1-4,10-11H,(H,8,9). The largest absolute Gasteiger partial charge is 0.504 e. The van der Waals surface area contributed by atoms with Crippen molar-refractivity contribution in [3.05, 3.63) is 64.8 Å². The van der Waals surface area contributed by atoms with E-state index in [1.807, 2.05) is 29.6 Å². The highest BCUT2D eigenvalue weighted by Crippen LogP contribution is 2.32. The van der Waals surface area contributed by atoms with Gasteiger partial charge in [0, 0.05) is 42.4 Å². The van der Waals surface area contributed by atoms with Gasteiger partial charge in [-0.05, 0) is 37.3 Å². The van der Waals surface area contributed by atoms with Crippen molar-refractivity contribution in [3.63, 3.8) is 0 Å². The van der Waals surface area contributed by atoms with E-state index < -0.39 is 5.97 Å². The van der Waals surface area contributed by atoms with E-state index >= 15 is 0 Å². The number of amides is 2. The number of phenols is 2. The fourth-order valence-corrected chi connectivity index (χ4v) is 4.46. The summed E-state index contributed by atoms with van der Waals surface area (Å²) in [4.78, 5) is 37.9. The van der Waals surface area contributed by atoms with E-state index in [0.717, 1.165) is 16.9 Å². The third-order valence-corrected chi connectivity index (χ3v) is 6.14. The molecule has 0 saturated carbocycles. The zero-order valence-electron chi connectivity index (χ0n) is 21.2. The molecule has 0 unspecified atom stereocenters. The third-order valence-electron chi connectivity index (χ3n) is 5.10. The van der Waals surface area contributed by atoms with Crippen LogP contribution in [0.4, 0.5) is 16.5 Å². The van der Waals surface area contributed by atoms with Crippen LogP contribution >= 0.6 is 22.9 Å². The van der Waals surface area contributed by atoms with Crippen molar-refractivity contribution in [2.45, 2.75) is 13.8 Å². The molecule has 0 radical (unpaired) electrons. The molecule has 0 spiro atoms. The number of anilines is 3. The summed E-state index contributed by atoms with van der Waals surface area (Å²) in [5, 5.41) is 28.5. The zero-order chi connectivity index (χ0) is 28.5. The maximum atomic E-state index is 12.4. The van der Waals surface area contributed by atoms with Gasteiger partial charge in [0.2, 0.25) is 12.3 Å². The summed E-state index contributed by atoms with van der Waals surface area (Å²) in [5.41, 5.74) is 3.72. The van der Waals surface area contributed by atoms with Crippen LogP contribution in [0.3, 0.4) is 0 Å². The predicted molar refractivity (Wildman–Crippen MR) is 151 cm³/mol. The number of carbonyl (C=O) groups excluding carboxylic acids is 3. The Morgan fingerprint density at radius 3 is 2.44 bits per heavy atom. The summed E-state index contributed by atoms with van der Waals surface area (Å²) in [5.74, 6) is -1.08. The Kier molecular flexibility index (Phi) is 9.90. The number of rotatable bonds is 8. The van der Waals surface area contributed by atoms with Gasteiger partial charge in [-0.3, -0.25) is 14.2 Å². The number of esters is 1. The molecule has 4 aromatic rings. The molecule has 5 N–H and O–H groups in total. The number of halogens is 1. The van der Waals surface area contributed by atoms with Gasteiger partial charge in [-0.1, -0.05) is 23.7 Å². The van der Waals surface area contributed by atoms with Gasteiger partial charge in [0.25, 0.3) is 0 Å². The Morgan fingerprint density at radius 2 is 1.85 bits per heavy atom. The first-order valence-electron chi connectivity index (χ1n) is 11.5. The Balaban J connectivity index is 0.000000320. The van der Waals surface area contributed by atoms with E-state index in [1.54, 1.807) is 24.6 Å². The average Bonchev–Trinajstić information content (AvgIpc) is 3.50. The van der Waals surface area contributed by atoms with Crippen molar-refractivity contribution >= 4 is 57.7 Å². The van der Waals surface area contributed by atoms with Crippen LogP contribution in [0.15, 0.2) is 53.9 Å². The van der Waals surface area contributed by atoms with E-state index in [4.69, 9.17) is 26.6 Å². The van der Waals surface area contributed by atoms with Gasteiger partial charge in [0.1, 0.15) is 5.15 Å². The number of hydrogen-bond donors (Lipinski definition) is 5. The second-order valence-electron chi connectivity index (χ2n) is 7.77. The van der Waals surface area contributed by atoms with Crippen molar-refractivity contribution in [2.24, 2.45) is 0 Å². The number of carbonyl (C=O) groups is 3. The van der Waals surface area contributed by atoms with Crippen LogP contribution < -0.4 is 16.0 Å². The number of ether oxygens (including phenoxy) is 1. The highest BCUT2D eigenvalue weighted by atomic mass is 35.5. The number of benzene rings is 2. The van der Waals surface area contributed by atoms with Gasteiger partial charge in [-0.2, -0.15) is 0 Å². The molecule has 2 heterocycles. The average molecular weight is 572 g/mol. The van der Waals surface area contributed by atoms with Gasteiger partial charge >= 0.3 is 5.97 Å². The van der Waals surface area contributed by atoms with Crippen LogP contribution in [0.25, 0.3) is 16.9 Å². The van der Waals surface area contributed by atoms with Crippen molar-refractivity contribution in [2.75, 3.05) is 29.6 Å². The van der Waals surface area contributed by atoms with Gasteiger partial charge in [-0.25, -0.2) is 9.78 Å². The fraction of sp³-hybridized carbons (Fsp3) is 0.154. The van der Waals surface area contributed by atoms with Crippen molar-refractivity contribution < 1.29 is 29.3 Å². The fourth-order valence-electron chi connectivity index (χ4n) is 3.40. The lowest BCUT2D eigenvalue weighted by Gasteiger charge is -2.12. The lowest BCUT2D eigenvalue weighted by Crippen LogP contribution is -2.13. The van der Waals surface area contributed by atoms with Gasteiger partial charge in [0.15, 0.2) is 22.3 Å². The number of nitrogens with one attached hydrogen (secondary N) is 3. The third kappa shape index (κ3) is 7.27. The normalized spacial score (nSPS) is 10.2. The van der Waals surface area contributed by atoms with Crippen LogP contribution in [0, 0.1) is 0 Å². The monoisotopic (exact) mass is 571 g/mol. The van der Waals surface area contributed by atoms with Crippen molar-refractivity contribution in [1.29, 1.82) is 0 Å². The highest BCUT2D eigenvalue weighted by Gasteiger charge is 2.22. The van der Waals surface area contributed by atoms with Crippen LogP contribution in [0.1, 0.15) is 24.3 Å². The Bertz CT molecular complexity index is 1470. The molecule has 0 atom stereocenters. The number of hydrogen-bond acceptors (Lipinski definition) is 9. The molecule has 11 nitrogen and oxygen atoms in total. The predicted octanol–water partition coefficient (Wildman–Crippen LogP) is 5.10. The number of aromatic hydroxyl groups is 2. The molecule has 39 heavy (non-hydrogen) atoms. The lowest BCUT2D eigenvalue weighted by molar-refractivity contribution is -0.114. The first-order valence-corrected chi connectivity index (χ1v) is 12.8. The van der Waals surface area contributed by atoms with Crippen LogP contribution in [-0.2, 0) is 14.3 Å². The second-order valence-corrected chi connectivity index (χ2v) is 9.01. The van der Waals surface area contributed by atoms with Crippen molar-refractivity contribution in [3.8, 4) is 28.4 Å². The topological polar surface area (TPSA) is 155 Å². The number of thiazole rings is 1. The first kappa shape index (κ1) is 29.0. The summed E-state index contributed by atoms with van der Waals surface area (Å²) in [7, 11) is 1.72. The molecular formula is C26H26ClN5O6S. The molecule has 0 saturated heterocycles. The Hall–Kier alpha value is -4.55. The van der Waals surface area contributed by atoms with E-state index in [2.05, 4.69) is 20.9 Å². The first-order chi connectivity index (χ1) is 18.7. The van der Waals surface area contributed by atoms with Crippen LogP contribution in [0.5, 0.6) is 11.5 Å². The summed E-state index contributed by atoms with van der Waals surface area (Å²) in [6, 6.07) is 13.2. The summed E-state index contributed by atoms with van der Waals surface area (Å²) in [6.45, 7) is 3.46. The summed E-state index contributed by atoms with van der Waals surface area (Å²) < 4.78 is 6.81. The molecule has 4 rings (SSSR count). The molecule has 0 aliphatic carbocycles. The van der Waals surface area contributed by atoms with Crippen molar-refractivity contribution in [1.82, 2.24) is 9.55 Å². The molecular weight excluding hydrogens is 546 g/mol. The number of phenolic OH excluding ortho intramolecular Hbond substituents is 2. The molecule has 0 aliphatic heterocycles. The van der Waals surface area contributed by atoms with Gasteiger partial charge in [0.05, 0.1) is 18.0 Å². The minimum atomic E-state index is -0.456. The van der Waals surface area contributed by atoms with Crippen LogP contribution in [-0.4, -0.2) is 51.7 Å². The molecule has 204 valence electrons. The lowest BCUT2D eigenvalue weighted by atomic mass is 10.1. The molecule has 0 aliphatic rings. The molecule has 13 heteroatoms. The van der Waals surface area contributed by atoms with E-state index in [0.29, 0.717) is 33.8 Å². The molecule has 0 fully saturated rings. The van der Waals surface area contributed by atoms with Crippen LogP contribution in [0.2, 0.25) is 5.15 Å². The Morgan fingerprint density at radius 1 is 1.13 bits per heavy atom.